The van der Waals surface area contributed by atoms with Gasteiger partial charge in [-0.3, -0.25) is 14.3 Å². The van der Waals surface area contributed by atoms with Crippen LogP contribution in [0.3, 0.4) is 0 Å². The topological polar surface area (TPSA) is 78.7 Å². The highest BCUT2D eigenvalue weighted by molar-refractivity contribution is 5.82. The van der Waals surface area contributed by atoms with Crippen LogP contribution in [0.4, 0.5) is 5.69 Å². The number of hydrogen-bond donors (Lipinski definition) is 1. The molecule has 0 spiro atoms. The molecule has 1 saturated heterocycles. The van der Waals surface area contributed by atoms with Crippen molar-refractivity contribution in [3.8, 4) is 0 Å². The van der Waals surface area contributed by atoms with Crippen molar-refractivity contribution in [3.63, 3.8) is 0 Å². The Hall–Kier alpha value is -2.83. The summed E-state index contributed by atoms with van der Waals surface area (Å²) >= 11 is 0. The van der Waals surface area contributed by atoms with Gasteiger partial charge in [0.2, 0.25) is 5.91 Å². The molecule has 0 bridgehead atoms. The summed E-state index contributed by atoms with van der Waals surface area (Å²) in [4.78, 5) is 27.9. The fourth-order valence-electron chi connectivity index (χ4n) is 3.45. The van der Waals surface area contributed by atoms with E-state index in [2.05, 4.69) is 5.10 Å². The van der Waals surface area contributed by atoms with Crippen LogP contribution in [-0.4, -0.2) is 58.3 Å². The minimum absolute atomic E-state index is 0.00969. The molecule has 0 aliphatic carbocycles. The minimum Gasteiger partial charge on any atom is -0.481 e. The Morgan fingerprint density at radius 1 is 1.27 bits per heavy atom. The Balaban J connectivity index is 1.72. The lowest BCUT2D eigenvalue weighted by atomic mass is 9.85. The van der Waals surface area contributed by atoms with Crippen molar-refractivity contribution in [1.82, 2.24) is 14.7 Å². The maximum atomic E-state index is 12.8. The maximum absolute atomic E-state index is 12.8. The number of para-hydroxylation sites is 1. The summed E-state index contributed by atoms with van der Waals surface area (Å²) in [6.45, 7) is 1.00. The van der Waals surface area contributed by atoms with E-state index in [9.17, 15) is 14.7 Å². The van der Waals surface area contributed by atoms with Crippen molar-refractivity contribution in [2.45, 2.75) is 12.3 Å². The highest BCUT2D eigenvalue weighted by Gasteiger charge is 2.35. The van der Waals surface area contributed by atoms with E-state index in [1.54, 1.807) is 15.8 Å². The predicted octanol–water partition coefficient (Wildman–Crippen LogP) is 1.57. The van der Waals surface area contributed by atoms with E-state index in [1.165, 1.54) is 0 Å². The van der Waals surface area contributed by atoms with Crippen LogP contribution in [0.1, 0.15) is 17.9 Å². The number of nitrogens with zero attached hydrogens (tertiary/aromatic N) is 4. The number of carbonyl (C=O) groups excluding carboxylic acids is 1. The first kappa shape index (κ1) is 18.0. The minimum atomic E-state index is -0.854. The van der Waals surface area contributed by atoms with Crippen LogP contribution < -0.4 is 4.90 Å². The lowest BCUT2D eigenvalue weighted by Gasteiger charge is -2.36. The van der Waals surface area contributed by atoms with E-state index < -0.39 is 11.9 Å². The second-order valence-electron chi connectivity index (χ2n) is 6.91. The summed E-state index contributed by atoms with van der Waals surface area (Å²) in [7, 11) is 3.70. The van der Waals surface area contributed by atoms with Crippen LogP contribution >= 0.6 is 0 Å². The van der Waals surface area contributed by atoms with Crippen molar-refractivity contribution in [3.05, 3.63) is 48.3 Å². The Bertz CT molecular complexity index is 774. The summed E-state index contributed by atoms with van der Waals surface area (Å²) in [5, 5.41) is 13.7. The van der Waals surface area contributed by atoms with Gasteiger partial charge in [-0.25, -0.2) is 0 Å². The zero-order chi connectivity index (χ0) is 18.7. The SMILES string of the molecule is CN(CC(=O)N1CC(C(=O)O)CC(c2cnn(C)c2)C1)c1ccccc1. The molecule has 1 amide bonds. The summed E-state index contributed by atoms with van der Waals surface area (Å²) < 4.78 is 1.70. The molecule has 7 heteroatoms. The van der Waals surface area contributed by atoms with Gasteiger partial charge in [0.05, 0.1) is 18.7 Å². The zero-order valence-electron chi connectivity index (χ0n) is 15.1. The van der Waals surface area contributed by atoms with Crippen molar-refractivity contribution in [1.29, 1.82) is 0 Å². The largest absolute Gasteiger partial charge is 0.481 e. The third-order valence-electron chi connectivity index (χ3n) is 4.92. The third kappa shape index (κ3) is 4.04. The smallest absolute Gasteiger partial charge is 0.308 e. The molecule has 7 nitrogen and oxygen atoms in total. The quantitative estimate of drug-likeness (QED) is 0.880. The maximum Gasteiger partial charge on any atom is 0.308 e. The standard InChI is InChI=1S/C19H24N4O3/c1-21(17-6-4-3-5-7-17)13-18(24)23-11-14(8-15(12-23)19(25)26)16-9-20-22(2)10-16/h3-7,9-10,14-15H,8,11-13H2,1-2H3,(H,25,26). The van der Waals surface area contributed by atoms with Crippen molar-refractivity contribution in [2.75, 3.05) is 31.6 Å². The van der Waals surface area contributed by atoms with Crippen molar-refractivity contribution in [2.24, 2.45) is 13.0 Å². The third-order valence-corrected chi connectivity index (χ3v) is 4.92. The van der Waals surface area contributed by atoms with E-state index in [-0.39, 0.29) is 24.9 Å². The molecule has 2 aromatic rings. The number of benzene rings is 1. The molecule has 138 valence electrons. The number of likely N-dealkylation sites (tertiary alicyclic amines) is 1. The fourth-order valence-corrected chi connectivity index (χ4v) is 3.45. The Kier molecular flexibility index (Phi) is 5.25. The first-order valence-corrected chi connectivity index (χ1v) is 8.69. The van der Waals surface area contributed by atoms with Crippen LogP contribution in [-0.2, 0) is 16.6 Å². The van der Waals surface area contributed by atoms with Gasteiger partial charge >= 0.3 is 5.97 Å². The van der Waals surface area contributed by atoms with Gasteiger partial charge in [0.15, 0.2) is 0 Å². The molecule has 1 aromatic heterocycles. The molecule has 26 heavy (non-hydrogen) atoms. The molecule has 2 heterocycles. The number of hydrogen-bond acceptors (Lipinski definition) is 4. The highest BCUT2D eigenvalue weighted by atomic mass is 16.4. The number of rotatable bonds is 5. The average molecular weight is 356 g/mol. The number of anilines is 1. The van der Waals surface area contributed by atoms with Crippen LogP contribution in [0.5, 0.6) is 0 Å². The second kappa shape index (κ2) is 7.59. The normalized spacial score (nSPS) is 20.0. The summed E-state index contributed by atoms with van der Waals surface area (Å²) in [5.41, 5.74) is 1.93. The van der Waals surface area contributed by atoms with Crippen LogP contribution in [0.15, 0.2) is 42.7 Å². The van der Waals surface area contributed by atoms with Crippen LogP contribution in [0.2, 0.25) is 0 Å². The van der Waals surface area contributed by atoms with Gasteiger partial charge in [-0.15, -0.1) is 0 Å². The number of carboxylic acids is 1. The lowest BCUT2D eigenvalue weighted by molar-refractivity contribution is -0.145. The van der Waals surface area contributed by atoms with E-state index >= 15 is 0 Å². The molecule has 0 radical (unpaired) electrons. The van der Waals surface area contributed by atoms with Gasteiger partial charge < -0.3 is 14.9 Å². The van der Waals surface area contributed by atoms with Gasteiger partial charge in [0.1, 0.15) is 0 Å². The number of aryl methyl sites for hydroxylation is 1. The molecule has 1 aliphatic rings. The molecular weight excluding hydrogens is 332 g/mol. The molecule has 1 aromatic carbocycles. The molecule has 2 unspecified atom stereocenters. The fraction of sp³-hybridized carbons (Fsp3) is 0.421. The summed E-state index contributed by atoms with van der Waals surface area (Å²) in [6.07, 6.45) is 4.18. The van der Waals surface area contributed by atoms with E-state index in [4.69, 9.17) is 0 Å². The number of carbonyl (C=O) groups is 2. The second-order valence-corrected chi connectivity index (χ2v) is 6.91. The van der Waals surface area contributed by atoms with E-state index in [0.29, 0.717) is 13.0 Å². The van der Waals surface area contributed by atoms with Gasteiger partial charge in [-0.05, 0) is 24.1 Å². The molecule has 1 N–H and O–H groups in total. The number of carboxylic acid groups (broad SMARTS) is 1. The molecule has 1 aliphatic heterocycles. The first-order chi connectivity index (χ1) is 12.4. The number of piperidine rings is 1. The number of aromatic nitrogens is 2. The van der Waals surface area contributed by atoms with Gasteiger partial charge in [-0.1, -0.05) is 18.2 Å². The van der Waals surface area contributed by atoms with Crippen molar-refractivity contribution < 1.29 is 14.7 Å². The summed E-state index contributed by atoms with van der Waals surface area (Å²) in [6, 6.07) is 9.68. The summed E-state index contributed by atoms with van der Waals surface area (Å²) in [5.74, 6) is -1.48. The number of likely N-dealkylation sites (N-methyl/N-ethyl adjacent to an activating group) is 1. The lowest BCUT2D eigenvalue weighted by Crippen LogP contribution is -2.48. The van der Waals surface area contributed by atoms with Crippen LogP contribution in [0.25, 0.3) is 0 Å². The Morgan fingerprint density at radius 2 is 2.00 bits per heavy atom. The van der Waals surface area contributed by atoms with Gasteiger partial charge in [-0.2, -0.15) is 5.10 Å². The number of aliphatic carboxylic acids is 1. The van der Waals surface area contributed by atoms with E-state index in [1.807, 2.05) is 55.5 Å². The Labute approximate surface area is 152 Å². The molecule has 0 saturated carbocycles. The first-order valence-electron chi connectivity index (χ1n) is 8.69. The monoisotopic (exact) mass is 356 g/mol. The predicted molar refractivity (Wildman–Crippen MR) is 98.0 cm³/mol. The average Bonchev–Trinajstić information content (AvgIpc) is 3.08. The van der Waals surface area contributed by atoms with Gasteiger partial charge in [0.25, 0.3) is 0 Å². The number of amides is 1. The molecule has 1 fully saturated rings. The molecule has 3 rings (SSSR count). The van der Waals surface area contributed by atoms with E-state index in [0.717, 1.165) is 11.3 Å². The van der Waals surface area contributed by atoms with Crippen LogP contribution in [0, 0.1) is 5.92 Å². The van der Waals surface area contributed by atoms with Gasteiger partial charge in [0, 0.05) is 45.0 Å². The van der Waals surface area contributed by atoms with Crippen molar-refractivity contribution >= 4 is 17.6 Å². The Morgan fingerprint density at radius 3 is 2.62 bits per heavy atom. The highest BCUT2D eigenvalue weighted by Crippen LogP contribution is 2.30. The molecular formula is C19H24N4O3. The zero-order valence-corrected chi connectivity index (χ0v) is 15.1. The molecule has 2 atom stereocenters.